The highest BCUT2D eigenvalue weighted by atomic mass is 32.2. The van der Waals surface area contributed by atoms with Crippen molar-refractivity contribution in [3.05, 3.63) is 59.8 Å². The van der Waals surface area contributed by atoms with E-state index in [4.69, 9.17) is 4.74 Å². The predicted octanol–water partition coefficient (Wildman–Crippen LogP) is 3.47. The molecule has 134 valence electrons. The van der Waals surface area contributed by atoms with Gasteiger partial charge in [0, 0.05) is 11.6 Å². The van der Waals surface area contributed by atoms with Crippen molar-refractivity contribution in [2.24, 2.45) is 0 Å². The number of hydrogen-bond donors (Lipinski definition) is 1. The SMILES string of the molecule is CCOc1ccc2ncc(C(=O)O)c(S(=O)(=O)c3ccc(C)cc3)c2c1. The molecule has 0 aliphatic rings. The molecule has 2 aromatic carbocycles. The van der Waals surface area contributed by atoms with E-state index in [9.17, 15) is 18.3 Å². The van der Waals surface area contributed by atoms with Gasteiger partial charge in [-0.1, -0.05) is 17.7 Å². The van der Waals surface area contributed by atoms with E-state index in [1.807, 2.05) is 6.92 Å². The summed E-state index contributed by atoms with van der Waals surface area (Å²) in [7, 11) is -4.07. The molecule has 26 heavy (non-hydrogen) atoms. The molecule has 0 aliphatic heterocycles. The fourth-order valence-electron chi connectivity index (χ4n) is 2.68. The van der Waals surface area contributed by atoms with Gasteiger partial charge < -0.3 is 9.84 Å². The fraction of sp³-hybridized carbons (Fsp3) is 0.158. The van der Waals surface area contributed by atoms with Crippen molar-refractivity contribution in [1.29, 1.82) is 0 Å². The van der Waals surface area contributed by atoms with Crippen LogP contribution in [0.1, 0.15) is 22.8 Å². The van der Waals surface area contributed by atoms with E-state index in [0.29, 0.717) is 17.9 Å². The van der Waals surface area contributed by atoms with E-state index in [1.165, 1.54) is 18.2 Å². The van der Waals surface area contributed by atoms with Crippen molar-refractivity contribution in [2.45, 2.75) is 23.6 Å². The molecular weight excluding hydrogens is 354 g/mol. The maximum absolute atomic E-state index is 13.2. The van der Waals surface area contributed by atoms with Gasteiger partial charge in [0.15, 0.2) is 0 Å². The zero-order valence-electron chi connectivity index (χ0n) is 14.3. The third kappa shape index (κ3) is 3.13. The van der Waals surface area contributed by atoms with E-state index < -0.39 is 15.8 Å². The Morgan fingerprint density at radius 3 is 2.46 bits per heavy atom. The van der Waals surface area contributed by atoms with Gasteiger partial charge in [-0.25, -0.2) is 13.2 Å². The van der Waals surface area contributed by atoms with E-state index in [-0.39, 0.29) is 20.7 Å². The van der Waals surface area contributed by atoms with Crippen LogP contribution in [-0.4, -0.2) is 31.1 Å². The lowest BCUT2D eigenvalue weighted by molar-refractivity contribution is 0.0692. The smallest absolute Gasteiger partial charge is 0.338 e. The summed E-state index contributed by atoms with van der Waals surface area (Å²) < 4.78 is 31.9. The van der Waals surface area contributed by atoms with Crippen LogP contribution in [0.5, 0.6) is 5.75 Å². The molecule has 1 N–H and O–H groups in total. The average Bonchev–Trinajstić information content (AvgIpc) is 2.61. The summed E-state index contributed by atoms with van der Waals surface area (Å²) in [6.07, 6.45) is 1.08. The van der Waals surface area contributed by atoms with Crippen LogP contribution in [0.25, 0.3) is 10.9 Å². The van der Waals surface area contributed by atoms with E-state index in [2.05, 4.69) is 4.98 Å². The van der Waals surface area contributed by atoms with Crippen LogP contribution in [-0.2, 0) is 9.84 Å². The van der Waals surface area contributed by atoms with Gasteiger partial charge >= 0.3 is 5.97 Å². The van der Waals surface area contributed by atoms with Crippen molar-refractivity contribution in [1.82, 2.24) is 4.98 Å². The normalized spacial score (nSPS) is 11.5. The van der Waals surface area contributed by atoms with Gasteiger partial charge in [-0.15, -0.1) is 0 Å². The first kappa shape index (κ1) is 17.9. The van der Waals surface area contributed by atoms with Crippen LogP contribution in [0, 0.1) is 6.92 Å². The summed E-state index contributed by atoms with van der Waals surface area (Å²) in [5, 5.41) is 9.74. The molecule has 0 saturated carbocycles. The molecular formula is C19H17NO5S. The Morgan fingerprint density at radius 2 is 1.85 bits per heavy atom. The number of aromatic carboxylic acids is 1. The number of ether oxygens (including phenoxy) is 1. The molecule has 6 nitrogen and oxygen atoms in total. The van der Waals surface area contributed by atoms with Gasteiger partial charge in [-0.3, -0.25) is 4.98 Å². The molecule has 0 radical (unpaired) electrons. The molecule has 1 aromatic heterocycles. The highest BCUT2D eigenvalue weighted by Gasteiger charge is 2.28. The number of rotatable bonds is 5. The lowest BCUT2D eigenvalue weighted by atomic mass is 10.1. The molecule has 0 spiro atoms. The Labute approximate surface area is 151 Å². The first-order valence-electron chi connectivity index (χ1n) is 7.95. The molecule has 0 fully saturated rings. The minimum atomic E-state index is -4.07. The first-order chi connectivity index (χ1) is 12.3. The largest absolute Gasteiger partial charge is 0.494 e. The molecule has 1 heterocycles. The van der Waals surface area contributed by atoms with E-state index in [1.54, 1.807) is 31.2 Å². The zero-order chi connectivity index (χ0) is 18.9. The molecule has 3 aromatic rings. The molecule has 0 saturated heterocycles. The van der Waals surface area contributed by atoms with Crippen LogP contribution >= 0.6 is 0 Å². The lowest BCUT2D eigenvalue weighted by Crippen LogP contribution is -2.11. The van der Waals surface area contributed by atoms with Crippen LogP contribution in [0.15, 0.2) is 58.5 Å². The topological polar surface area (TPSA) is 93.6 Å². The third-order valence-electron chi connectivity index (χ3n) is 3.93. The van der Waals surface area contributed by atoms with Crippen molar-refractivity contribution in [3.8, 4) is 5.75 Å². The Balaban J connectivity index is 2.37. The van der Waals surface area contributed by atoms with Crippen LogP contribution in [0.4, 0.5) is 0 Å². The summed E-state index contributed by atoms with van der Waals surface area (Å²) >= 11 is 0. The second-order valence-electron chi connectivity index (χ2n) is 5.73. The summed E-state index contributed by atoms with van der Waals surface area (Å²) in [6, 6.07) is 11.1. The maximum atomic E-state index is 13.2. The second kappa shape index (κ2) is 6.76. The van der Waals surface area contributed by atoms with Gasteiger partial charge in [0.05, 0.1) is 27.5 Å². The number of fused-ring (bicyclic) bond motifs is 1. The first-order valence-corrected chi connectivity index (χ1v) is 9.43. The molecule has 3 rings (SSSR count). The predicted molar refractivity (Wildman–Crippen MR) is 96.5 cm³/mol. The monoisotopic (exact) mass is 371 g/mol. The van der Waals surface area contributed by atoms with Crippen molar-refractivity contribution in [2.75, 3.05) is 6.61 Å². The maximum Gasteiger partial charge on any atom is 0.338 e. The van der Waals surface area contributed by atoms with Crippen LogP contribution in [0.3, 0.4) is 0 Å². The summed E-state index contributed by atoms with van der Waals surface area (Å²) in [5.74, 6) is -0.906. The summed E-state index contributed by atoms with van der Waals surface area (Å²) in [6.45, 7) is 4.05. The highest BCUT2D eigenvalue weighted by Crippen LogP contribution is 2.32. The molecule has 0 aliphatic carbocycles. The second-order valence-corrected chi connectivity index (χ2v) is 7.62. The van der Waals surface area contributed by atoms with Crippen LogP contribution < -0.4 is 4.74 Å². The number of hydrogen-bond acceptors (Lipinski definition) is 5. The Kier molecular flexibility index (Phi) is 4.65. The quantitative estimate of drug-likeness (QED) is 0.738. The number of carboxylic acid groups (broad SMARTS) is 1. The van der Waals surface area contributed by atoms with Gasteiger partial charge in [-0.2, -0.15) is 0 Å². The van der Waals surface area contributed by atoms with Crippen molar-refractivity contribution >= 4 is 26.7 Å². The Bertz CT molecular complexity index is 1090. The van der Waals surface area contributed by atoms with Crippen molar-refractivity contribution in [3.63, 3.8) is 0 Å². The van der Waals surface area contributed by atoms with E-state index >= 15 is 0 Å². The zero-order valence-corrected chi connectivity index (χ0v) is 15.1. The number of nitrogens with zero attached hydrogens (tertiary/aromatic N) is 1. The standard InChI is InChI=1S/C19H17NO5S/c1-3-25-13-6-9-17-15(10-13)18(16(11-20-17)19(21)22)26(23,24)14-7-4-12(2)5-8-14/h4-11H,3H2,1-2H3,(H,21,22). The van der Waals surface area contributed by atoms with Crippen LogP contribution in [0.2, 0.25) is 0 Å². The summed E-state index contributed by atoms with van der Waals surface area (Å²) in [4.78, 5) is 15.5. The molecule has 0 amide bonds. The molecule has 0 bridgehead atoms. The minimum Gasteiger partial charge on any atom is -0.494 e. The highest BCUT2D eigenvalue weighted by molar-refractivity contribution is 7.91. The number of aromatic nitrogens is 1. The number of sulfone groups is 1. The Hall–Kier alpha value is -2.93. The number of aryl methyl sites for hydroxylation is 1. The Morgan fingerprint density at radius 1 is 1.15 bits per heavy atom. The van der Waals surface area contributed by atoms with Gasteiger partial charge in [0.25, 0.3) is 0 Å². The van der Waals surface area contributed by atoms with Gasteiger partial charge in [-0.05, 0) is 44.2 Å². The molecule has 7 heteroatoms. The minimum absolute atomic E-state index is 0.0277. The number of benzene rings is 2. The number of pyridine rings is 1. The van der Waals surface area contributed by atoms with Gasteiger partial charge in [0.2, 0.25) is 9.84 Å². The number of carboxylic acids is 1. The number of carbonyl (C=O) groups is 1. The van der Waals surface area contributed by atoms with Crippen molar-refractivity contribution < 1.29 is 23.1 Å². The molecule has 0 unspecified atom stereocenters. The van der Waals surface area contributed by atoms with Gasteiger partial charge in [0.1, 0.15) is 5.75 Å². The van der Waals surface area contributed by atoms with E-state index in [0.717, 1.165) is 11.8 Å². The third-order valence-corrected chi connectivity index (χ3v) is 5.80. The lowest BCUT2D eigenvalue weighted by Gasteiger charge is -2.12. The fourth-order valence-corrected chi connectivity index (χ4v) is 4.29. The summed E-state index contributed by atoms with van der Waals surface area (Å²) in [5.41, 5.74) is 0.913. The molecule has 0 atom stereocenters. The average molecular weight is 371 g/mol.